The number of aryl methyl sites for hydroxylation is 1. The maximum Gasteiger partial charge on any atom is 0.416 e. The van der Waals surface area contributed by atoms with E-state index in [2.05, 4.69) is 17.2 Å². The Bertz CT molecular complexity index is 804. The SMILES string of the molecule is CCCCc1cccc2nnn(-c3ccc(C(F)(F)F)cc3)c12. The molecule has 3 rings (SSSR count). The minimum atomic E-state index is -4.34. The van der Waals surface area contributed by atoms with Crippen LogP contribution in [0.3, 0.4) is 0 Å². The second-order valence-electron chi connectivity index (χ2n) is 5.43. The van der Waals surface area contributed by atoms with Crippen molar-refractivity contribution >= 4 is 11.0 Å². The van der Waals surface area contributed by atoms with Gasteiger partial charge >= 0.3 is 6.18 Å². The maximum absolute atomic E-state index is 12.7. The van der Waals surface area contributed by atoms with Gasteiger partial charge in [-0.2, -0.15) is 13.2 Å². The number of aromatic nitrogens is 3. The smallest absolute Gasteiger partial charge is 0.213 e. The summed E-state index contributed by atoms with van der Waals surface area (Å²) in [4.78, 5) is 0. The fourth-order valence-corrected chi connectivity index (χ4v) is 2.58. The van der Waals surface area contributed by atoms with E-state index in [1.54, 1.807) is 4.68 Å². The Morgan fingerprint density at radius 3 is 2.43 bits per heavy atom. The number of unbranched alkanes of at least 4 members (excludes halogenated alkanes) is 1. The minimum Gasteiger partial charge on any atom is -0.213 e. The summed E-state index contributed by atoms with van der Waals surface area (Å²) < 4.78 is 39.7. The predicted octanol–water partition coefficient (Wildman–Crippen LogP) is 4.78. The third kappa shape index (κ3) is 3.06. The van der Waals surface area contributed by atoms with E-state index in [9.17, 15) is 13.2 Å². The van der Waals surface area contributed by atoms with Crippen molar-refractivity contribution in [1.82, 2.24) is 15.0 Å². The fourth-order valence-electron chi connectivity index (χ4n) is 2.58. The number of fused-ring (bicyclic) bond motifs is 1. The molecule has 0 amide bonds. The van der Waals surface area contributed by atoms with Crippen molar-refractivity contribution in [3.8, 4) is 5.69 Å². The summed E-state index contributed by atoms with van der Waals surface area (Å²) in [5, 5.41) is 8.24. The summed E-state index contributed by atoms with van der Waals surface area (Å²) in [6.45, 7) is 2.12. The van der Waals surface area contributed by atoms with Crippen molar-refractivity contribution in [2.75, 3.05) is 0 Å². The van der Waals surface area contributed by atoms with Gasteiger partial charge in [0.2, 0.25) is 0 Å². The molecule has 1 aromatic heterocycles. The largest absolute Gasteiger partial charge is 0.416 e. The van der Waals surface area contributed by atoms with E-state index in [0.29, 0.717) is 5.69 Å². The zero-order valence-electron chi connectivity index (χ0n) is 12.6. The Morgan fingerprint density at radius 1 is 1.04 bits per heavy atom. The first-order chi connectivity index (χ1) is 11.0. The Labute approximate surface area is 131 Å². The summed E-state index contributed by atoms with van der Waals surface area (Å²) in [7, 11) is 0. The highest BCUT2D eigenvalue weighted by Crippen LogP contribution is 2.30. The van der Waals surface area contributed by atoms with Crippen LogP contribution in [-0.4, -0.2) is 15.0 Å². The van der Waals surface area contributed by atoms with Crippen LogP contribution in [0.4, 0.5) is 13.2 Å². The van der Waals surface area contributed by atoms with Gasteiger partial charge in [0.15, 0.2) is 0 Å². The standard InChI is InChI=1S/C17H16F3N3/c1-2-3-5-12-6-4-7-15-16(12)23(22-21-15)14-10-8-13(9-11-14)17(18,19)20/h4,6-11H,2-3,5H2,1H3. The van der Waals surface area contributed by atoms with E-state index in [0.717, 1.165) is 48.0 Å². The zero-order valence-corrected chi connectivity index (χ0v) is 12.6. The first kappa shape index (κ1) is 15.5. The van der Waals surface area contributed by atoms with Gasteiger partial charge in [-0.05, 0) is 48.7 Å². The lowest BCUT2D eigenvalue weighted by Crippen LogP contribution is -2.05. The molecule has 0 fully saturated rings. The second-order valence-corrected chi connectivity index (χ2v) is 5.43. The van der Waals surface area contributed by atoms with Crippen LogP contribution in [0.2, 0.25) is 0 Å². The predicted molar refractivity (Wildman–Crippen MR) is 82.5 cm³/mol. The van der Waals surface area contributed by atoms with E-state index in [4.69, 9.17) is 0 Å². The molecule has 1 heterocycles. The Hall–Kier alpha value is -2.37. The Morgan fingerprint density at radius 2 is 1.78 bits per heavy atom. The average molecular weight is 319 g/mol. The highest BCUT2D eigenvalue weighted by molar-refractivity contribution is 5.79. The number of rotatable bonds is 4. The summed E-state index contributed by atoms with van der Waals surface area (Å²) >= 11 is 0. The monoisotopic (exact) mass is 319 g/mol. The molecule has 0 spiro atoms. The van der Waals surface area contributed by atoms with Gasteiger partial charge in [0.25, 0.3) is 0 Å². The van der Waals surface area contributed by atoms with E-state index >= 15 is 0 Å². The van der Waals surface area contributed by atoms with Gasteiger partial charge in [0.1, 0.15) is 5.52 Å². The molecule has 0 unspecified atom stereocenters. The number of benzene rings is 2. The van der Waals surface area contributed by atoms with Crippen LogP contribution < -0.4 is 0 Å². The molecule has 0 bridgehead atoms. The highest BCUT2D eigenvalue weighted by Gasteiger charge is 2.30. The van der Waals surface area contributed by atoms with Gasteiger partial charge in [-0.3, -0.25) is 0 Å². The number of para-hydroxylation sites is 1. The zero-order chi connectivity index (χ0) is 16.4. The van der Waals surface area contributed by atoms with E-state index in [1.165, 1.54) is 12.1 Å². The third-order valence-electron chi connectivity index (χ3n) is 3.79. The third-order valence-corrected chi connectivity index (χ3v) is 3.79. The van der Waals surface area contributed by atoms with Crippen LogP contribution >= 0.6 is 0 Å². The van der Waals surface area contributed by atoms with Crippen molar-refractivity contribution in [1.29, 1.82) is 0 Å². The molecule has 0 aliphatic heterocycles. The van der Waals surface area contributed by atoms with Crippen LogP contribution in [-0.2, 0) is 12.6 Å². The lowest BCUT2D eigenvalue weighted by Gasteiger charge is -2.09. The van der Waals surface area contributed by atoms with E-state index < -0.39 is 11.7 Å². The summed E-state index contributed by atoms with van der Waals surface area (Å²) in [6, 6.07) is 10.8. The molecule has 0 saturated carbocycles. The number of hydrogen-bond donors (Lipinski definition) is 0. The van der Waals surface area contributed by atoms with Crippen LogP contribution in [0.1, 0.15) is 30.9 Å². The molecule has 6 heteroatoms. The Kier molecular flexibility index (Phi) is 4.07. The van der Waals surface area contributed by atoms with Crippen molar-refractivity contribution in [2.45, 2.75) is 32.4 Å². The van der Waals surface area contributed by atoms with Gasteiger partial charge in [-0.1, -0.05) is 30.7 Å². The number of halogens is 3. The molecule has 0 aliphatic rings. The minimum absolute atomic E-state index is 0.574. The van der Waals surface area contributed by atoms with Gasteiger partial charge in [0, 0.05) is 0 Å². The van der Waals surface area contributed by atoms with Gasteiger partial charge in [0.05, 0.1) is 16.8 Å². The lowest BCUT2D eigenvalue weighted by molar-refractivity contribution is -0.137. The molecular weight excluding hydrogens is 303 g/mol. The van der Waals surface area contributed by atoms with Gasteiger partial charge in [-0.15, -0.1) is 5.10 Å². The van der Waals surface area contributed by atoms with E-state index in [1.807, 2.05) is 18.2 Å². The molecule has 120 valence electrons. The van der Waals surface area contributed by atoms with E-state index in [-0.39, 0.29) is 0 Å². The fraction of sp³-hybridized carbons (Fsp3) is 0.294. The Balaban J connectivity index is 2.06. The van der Waals surface area contributed by atoms with Crippen molar-refractivity contribution in [3.63, 3.8) is 0 Å². The molecule has 2 aromatic carbocycles. The molecule has 0 atom stereocenters. The van der Waals surface area contributed by atoms with Crippen molar-refractivity contribution in [3.05, 3.63) is 53.6 Å². The first-order valence-corrected chi connectivity index (χ1v) is 7.51. The quantitative estimate of drug-likeness (QED) is 0.693. The average Bonchev–Trinajstić information content (AvgIpc) is 2.97. The second kappa shape index (κ2) is 6.02. The summed E-state index contributed by atoms with van der Waals surface area (Å²) in [6.07, 6.45) is -1.34. The molecule has 0 saturated heterocycles. The number of alkyl halides is 3. The topological polar surface area (TPSA) is 30.7 Å². The molecule has 23 heavy (non-hydrogen) atoms. The lowest BCUT2D eigenvalue weighted by atomic mass is 10.1. The van der Waals surface area contributed by atoms with Crippen LogP contribution in [0, 0.1) is 0 Å². The first-order valence-electron chi connectivity index (χ1n) is 7.51. The molecular formula is C17H16F3N3. The van der Waals surface area contributed by atoms with Crippen molar-refractivity contribution < 1.29 is 13.2 Å². The normalized spacial score (nSPS) is 12.0. The molecule has 3 aromatic rings. The van der Waals surface area contributed by atoms with Gasteiger partial charge < -0.3 is 0 Å². The van der Waals surface area contributed by atoms with Crippen LogP contribution in [0.5, 0.6) is 0 Å². The van der Waals surface area contributed by atoms with Crippen LogP contribution in [0.15, 0.2) is 42.5 Å². The number of nitrogens with zero attached hydrogens (tertiary/aromatic N) is 3. The highest BCUT2D eigenvalue weighted by atomic mass is 19.4. The summed E-state index contributed by atoms with van der Waals surface area (Å²) in [5.74, 6) is 0. The van der Waals surface area contributed by atoms with Gasteiger partial charge in [-0.25, -0.2) is 4.68 Å². The van der Waals surface area contributed by atoms with Crippen molar-refractivity contribution in [2.24, 2.45) is 0 Å². The molecule has 3 nitrogen and oxygen atoms in total. The molecule has 0 radical (unpaired) electrons. The molecule has 0 N–H and O–H groups in total. The summed E-state index contributed by atoms with van der Waals surface area (Å²) in [5.41, 5.74) is 2.62. The number of hydrogen-bond acceptors (Lipinski definition) is 2. The molecule has 0 aliphatic carbocycles. The van der Waals surface area contributed by atoms with Crippen LogP contribution in [0.25, 0.3) is 16.7 Å². The maximum atomic E-state index is 12.7.